The fraction of sp³-hybridized carbons (Fsp3) is 0.211. The van der Waals surface area contributed by atoms with Gasteiger partial charge in [-0.15, -0.1) is 0 Å². The van der Waals surface area contributed by atoms with Crippen LogP contribution in [-0.2, 0) is 9.53 Å². The van der Waals surface area contributed by atoms with Gasteiger partial charge in [0.15, 0.2) is 6.10 Å². The van der Waals surface area contributed by atoms with Gasteiger partial charge in [-0.3, -0.25) is 0 Å². The van der Waals surface area contributed by atoms with Gasteiger partial charge in [-0.05, 0) is 36.8 Å². The topological polar surface area (TPSA) is 99.4 Å². The molecule has 8 heteroatoms. The number of carbonyl (C=O) groups excluding carboxylic acids is 1. The molecule has 1 fully saturated rings. The highest BCUT2D eigenvalue weighted by atomic mass is 19.1. The monoisotopic (exact) mass is 368 g/mol. The van der Waals surface area contributed by atoms with E-state index in [1.165, 1.54) is 24.5 Å². The quantitative estimate of drug-likeness (QED) is 0.539. The van der Waals surface area contributed by atoms with E-state index in [1.807, 2.05) is 13.0 Å². The van der Waals surface area contributed by atoms with Crippen LogP contribution in [0.3, 0.4) is 0 Å². The van der Waals surface area contributed by atoms with Crippen LogP contribution in [0.15, 0.2) is 36.7 Å². The Kier molecular flexibility index (Phi) is 4.23. The fourth-order valence-electron chi connectivity index (χ4n) is 3.08. The van der Waals surface area contributed by atoms with E-state index in [2.05, 4.69) is 15.3 Å². The molecular weight excluding hydrogens is 351 g/mol. The van der Waals surface area contributed by atoms with Crippen molar-refractivity contribution in [2.45, 2.75) is 19.4 Å². The zero-order chi connectivity index (χ0) is 19.0. The first-order valence-corrected chi connectivity index (χ1v) is 8.42. The Morgan fingerprint density at radius 2 is 2.15 bits per heavy atom. The van der Waals surface area contributed by atoms with Gasteiger partial charge in [0.2, 0.25) is 0 Å². The second kappa shape index (κ2) is 6.71. The highest BCUT2D eigenvalue weighted by molar-refractivity contribution is 5.95. The first kappa shape index (κ1) is 17.0. The van der Waals surface area contributed by atoms with Crippen LogP contribution in [0.2, 0.25) is 0 Å². The number of nitrogens with zero attached hydrogens (tertiary/aromatic N) is 2. The zero-order valence-corrected chi connectivity index (χ0v) is 14.5. The van der Waals surface area contributed by atoms with Gasteiger partial charge >= 0.3 is 5.97 Å². The molecule has 3 N–H and O–H groups in total. The van der Waals surface area contributed by atoms with Crippen LogP contribution in [0.4, 0.5) is 21.6 Å². The number of benzene rings is 2. The summed E-state index contributed by atoms with van der Waals surface area (Å²) in [5, 5.41) is 3.95. The third-order valence-corrected chi connectivity index (χ3v) is 4.31. The average molecular weight is 368 g/mol. The van der Waals surface area contributed by atoms with Crippen LogP contribution in [-0.4, -0.2) is 28.6 Å². The van der Waals surface area contributed by atoms with Crippen molar-refractivity contribution in [3.63, 3.8) is 0 Å². The van der Waals surface area contributed by atoms with E-state index >= 15 is 0 Å². The molecule has 2 aromatic carbocycles. The summed E-state index contributed by atoms with van der Waals surface area (Å²) in [5.41, 5.74) is 8.56. The SMILES string of the molecule is Cc1cc(N)cc2ncnc(Nc3ccc(F)cc3OC3CCOC3=O)c12. The van der Waals surface area contributed by atoms with Gasteiger partial charge in [-0.1, -0.05) is 0 Å². The summed E-state index contributed by atoms with van der Waals surface area (Å²) in [5.74, 6) is -0.191. The van der Waals surface area contributed by atoms with E-state index in [-0.39, 0.29) is 5.75 Å². The van der Waals surface area contributed by atoms with Gasteiger partial charge in [-0.25, -0.2) is 19.2 Å². The first-order valence-electron chi connectivity index (χ1n) is 8.42. The van der Waals surface area contributed by atoms with Crippen molar-refractivity contribution in [2.75, 3.05) is 17.7 Å². The molecule has 3 aromatic rings. The number of nitrogens with one attached hydrogen (secondary N) is 1. The van der Waals surface area contributed by atoms with Crippen LogP contribution in [0, 0.1) is 12.7 Å². The molecule has 0 bridgehead atoms. The molecule has 27 heavy (non-hydrogen) atoms. The summed E-state index contributed by atoms with van der Waals surface area (Å²) in [4.78, 5) is 20.2. The molecule has 2 heterocycles. The van der Waals surface area contributed by atoms with Crippen LogP contribution >= 0.6 is 0 Å². The highest BCUT2D eigenvalue weighted by Gasteiger charge is 2.29. The lowest BCUT2D eigenvalue weighted by Gasteiger charge is -2.16. The minimum atomic E-state index is -0.754. The number of esters is 1. The number of aromatic nitrogens is 2. The number of hydrogen-bond acceptors (Lipinski definition) is 7. The summed E-state index contributed by atoms with van der Waals surface area (Å²) in [6, 6.07) is 7.64. The summed E-state index contributed by atoms with van der Waals surface area (Å²) >= 11 is 0. The highest BCUT2D eigenvalue weighted by Crippen LogP contribution is 2.33. The van der Waals surface area contributed by atoms with Crippen molar-refractivity contribution in [1.29, 1.82) is 0 Å². The van der Waals surface area contributed by atoms with Crippen molar-refractivity contribution in [3.8, 4) is 5.75 Å². The molecule has 1 aliphatic rings. The Morgan fingerprint density at radius 3 is 2.93 bits per heavy atom. The predicted octanol–water partition coefficient (Wildman–Crippen LogP) is 3.10. The molecule has 7 nitrogen and oxygen atoms in total. The maximum atomic E-state index is 13.8. The standard InChI is InChI=1S/C19H17FN4O3/c1-10-6-12(21)8-14-17(10)18(23-9-22-14)24-13-3-2-11(20)7-16(13)27-15-4-5-26-19(15)25/h2-3,6-9,15H,4-5,21H2,1H3,(H,22,23,24). The van der Waals surface area contributed by atoms with E-state index in [1.54, 1.807) is 6.07 Å². The molecule has 1 aliphatic heterocycles. The van der Waals surface area contributed by atoms with E-state index in [9.17, 15) is 9.18 Å². The van der Waals surface area contributed by atoms with Crippen molar-refractivity contribution in [3.05, 3.63) is 48.0 Å². The van der Waals surface area contributed by atoms with Crippen LogP contribution < -0.4 is 15.8 Å². The number of nitrogen functional groups attached to an aromatic ring is 1. The molecule has 4 rings (SSSR count). The number of ether oxygens (including phenoxy) is 2. The number of aryl methyl sites for hydroxylation is 1. The van der Waals surface area contributed by atoms with Gasteiger partial charge in [0.1, 0.15) is 23.7 Å². The van der Waals surface area contributed by atoms with Crippen LogP contribution in [0.25, 0.3) is 10.9 Å². The molecule has 1 unspecified atom stereocenters. The van der Waals surface area contributed by atoms with E-state index < -0.39 is 17.9 Å². The second-order valence-corrected chi connectivity index (χ2v) is 6.28. The Hall–Kier alpha value is -3.42. The molecule has 0 spiro atoms. The van der Waals surface area contributed by atoms with Gasteiger partial charge in [0.05, 0.1) is 17.8 Å². The molecule has 0 amide bonds. The minimum Gasteiger partial charge on any atom is -0.476 e. The predicted molar refractivity (Wildman–Crippen MR) is 98.4 cm³/mol. The smallest absolute Gasteiger partial charge is 0.347 e. The number of carbonyl (C=O) groups is 1. The Morgan fingerprint density at radius 1 is 1.30 bits per heavy atom. The molecule has 1 atom stereocenters. The average Bonchev–Trinajstić information content (AvgIpc) is 3.01. The lowest BCUT2D eigenvalue weighted by Crippen LogP contribution is -2.22. The van der Waals surface area contributed by atoms with E-state index in [0.29, 0.717) is 35.7 Å². The Labute approximate surface area is 154 Å². The molecule has 138 valence electrons. The minimum absolute atomic E-state index is 0.207. The van der Waals surface area contributed by atoms with Gasteiger partial charge in [-0.2, -0.15) is 0 Å². The number of rotatable bonds is 4. The summed E-state index contributed by atoms with van der Waals surface area (Å²) < 4.78 is 24.3. The number of cyclic esters (lactones) is 1. The summed E-state index contributed by atoms with van der Waals surface area (Å²) in [6.07, 6.45) is 1.09. The number of hydrogen-bond donors (Lipinski definition) is 2. The maximum Gasteiger partial charge on any atom is 0.347 e. The summed E-state index contributed by atoms with van der Waals surface area (Å²) in [6.45, 7) is 2.20. The Bertz CT molecular complexity index is 1040. The van der Waals surface area contributed by atoms with Crippen molar-refractivity contribution < 1.29 is 18.7 Å². The third-order valence-electron chi connectivity index (χ3n) is 4.31. The normalized spacial score (nSPS) is 16.4. The lowest BCUT2D eigenvalue weighted by atomic mass is 10.1. The number of anilines is 3. The number of fused-ring (bicyclic) bond motifs is 1. The van der Waals surface area contributed by atoms with Gasteiger partial charge in [0.25, 0.3) is 0 Å². The molecule has 1 saturated heterocycles. The number of halogens is 1. The van der Waals surface area contributed by atoms with Crippen molar-refractivity contribution in [2.24, 2.45) is 0 Å². The first-order chi connectivity index (χ1) is 13.0. The van der Waals surface area contributed by atoms with Crippen LogP contribution in [0.5, 0.6) is 5.75 Å². The second-order valence-electron chi connectivity index (χ2n) is 6.28. The van der Waals surface area contributed by atoms with Gasteiger partial charge in [0, 0.05) is 23.6 Å². The molecule has 0 aliphatic carbocycles. The van der Waals surface area contributed by atoms with E-state index in [4.69, 9.17) is 15.2 Å². The molecule has 1 aromatic heterocycles. The van der Waals surface area contributed by atoms with Gasteiger partial charge < -0.3 is 20.5 Å². The molecule has 0 radical (unpaired) electrons. The molecular formula is C19H17FN4O3. The third kappa shape index (κ3) is 3.33. The lowest BCUT2D eigenvalue weighted by molar-refractivity contribution is -0.143. The van der Waals surface area contributed by atoms with Crippen molar-refractivity contribution >= 4 is 34.1 Å². The maximum absolute atomic E-state index is 13.8. The fourth-order valence-corrected chi connectivity index (χ4v) is 3.08. The number of nitrogens with two attached hydrogens (primary N) is 1. The summed E-state index contributed by atoms with van der Waals surface area (Å²) in [7, 11) is 0. The van der Waals surface area contributed by atoms with E-state index in [0.717, 1.165) is 10.9 Å². The largest absolute Gasteiger partial charge is 0.476 e. The van der Waals surface area contributed by atoms with Crippen molar-refractivity contribution in [1.82, 2.24) is 9.97 Å². The zero-order valence-electron chi connectivity index (χ0n) is 14.5. The van der Waals surface area contributed by atoms with Crippen LogP contribution in [0.1, 0.15) is 12.0 Å². The Balaban J connectivity index is 1.73. The molecule has 0 saturated carbocycles.